The van der Waals surface area contributed by atoms with Crippen molar-refractivity contribution in [3.63, 3.8) is 0 Å². The molecule has 0 bridgehead atoms. The Bertz CT molecular complexity index is 961. The first-order chi connectivity index (χ1) is 12.4. The molecule has 0 saturated heterocycles. The topological polar surface area (TPSA) is 12.9 Å². The molecule has 127 valence electrons. The SMILES string of the molecule is [Rh].[c-]1cccc2c1-c1ncccc1[Si]2(c1ccccc1)c1ccccc1. The molecule has 1 aliphatic rings. The summed E-state index contributed by atoms with van der Waals surface area (Å²) in [5.41, 5.74) is 2.26. The van der Waals surface area contributed by atoms with Crippen LogP contribution >= 0.6 is 0 Å². The minimum Gasteiger partial charge on any atom is -0.305 e. The van der Waals surface area contributed by atoms with Gasteiger partial charge in [0.25, 0.3) is 0 Å². The monoisotopic (exact) mass is 437 g/mol. The fourth-order valence-corrected chi connectivity index (χ4v) is 9.22. The molecule has 1 aliphatic heterocycles. The van der Waals surface area contributed by atoms with Gasteiger partial charge in [0.15, 0.2) is 0 Å². The van der Waals surface area contributed by atoms with E-state index in [0.717, 1.165) is 11.3 Å². The summed E-state index contributed by atoms with van der Waals surface area (Å²) in [5, 5.41) is 5.55. The number of hydrogen-bond acceptors (Lipinski definition) is 1. The fourth-order valence-electron chi connectivity index (χ4n) is 4.16. The zero-order chi connectivity index (χ0) is 16.7. The van der Waals surface area contributed by atoms with Gasteiger partial charge in [-0.2, -0.15) is 0 Å². The summed E-state index contributed by atoms with van der Waals surface area (Å²) in [6, 6.07) is 36.1. The van der Waals surface area contributed by atoms with Crippen LogP contribution in [0.4, 0.5) is 0 Å². The molecule has 0 atom stereocenters. The second-order valence-electron chi connectivity index (χ2n) is 6.34. The molecule has 0 unspecified atom stereocenters. The smallest absolute Gasteiger partial charge is 0.127 e. The zero-order valence-electron chi connectivity index (χ0n) is 14.0. The van der Waals surface area contributed by atoms with E-state index in [4.69, 9.17) is 4.98 Å². The second kappa shape index (κ2) is 6.75. The first-order valence-corrected chi connectivity index (χ1v) is 10.5. The molecule has 0 aliphatic carbocycles. The summed E-state index contributed by atoms with van der Waals surface area (Å²) in [6.45, 7) is 0. The van der Waals surface area contributed by atoms with Gasteiger partial charge < -0.3 is 4.98 Å². The van der Waals surface area contributed by atoms with Crippen LogP contribution in [0.3, 0.4) is 0 Å². The molecule has 3 aromatic carbocycles. The molecule has 0 saturated carbocycles. The Labute approximate surface area is 167 Å². The van der Waals surface area contributed by atoms with Gasteiger partial charge in [-0.25, -0.2) is 0 Å². The van der Waals surface area contributed by atoms with Crippen molar-refractivity contribution in [2.24, 2.45) is 0 Å². The molecule has 3 heteroatoms. The summed E-state index contributed by atoms with van der Waals surface area (Å²) in [6.07, 6.45) is 1.89. The average Bonchev–Trinajstić information content (AvgIpc) is 3.01. The summed E-state index contributed by atoms with van der Waals surface area (Å²) in [7, 11) is -2.32. The zero-order valence-corrected chi connectivity index (χ0v) is 16.7. The first kappa shape index (κ1) is 17.1. The standard InChI is InChI=1S/C23H16NSi.Rh/c1-3-10-18(11-4-1)25(19-12-5-2-6-13-19)21-15-8-7-14-20(21)23-22(25)16-9-17-24-23;/h1-13,15-17H;/q-1;. The normalized spacial score (nSPS) is 13.4. The van der Waals surface area contributed by atoms with Gasteiger partial charge in [-0.05, 0) is 11.8 Å². The minimum atomic E-state index is -2.32. The Morgan fingerprint density at radius 2 is 1.27 bits per heavy atom. The fraction of sp³-hybridized carbons (Fsp3) is 0. The number of fused-ring (bicyclic) bond motifs is 3. The number of nitrogens with zero attached hydrogens (tertiary/aromatic N) is 1. The van der Waals surface area contributed by atoms with E-state index in [1.807, 2.05) is 12.3 Å². The predicted octanol–water partition coefficient (Wildman–Crippen LogP) is 2.24. The van der Waals surface area contributed by atoms with Crippen molar-refractivity contribution in [2.75, 3.05) is 0 Å². The van der Waals surface area contributed by atoms with E-state index in [0.29, 0.717) is 0 Å². The summed E-state index contributed by atoms with van der Waals surface area (Å²) in [5.74, 6) is 0. The molecule has 0 amide bonds. The number of pyridine rings is 1. The van der Waals surface area contributed by atoms with Gasteiger partial charge in [0.05, 0.1) is 0 Å². The second-order valence-corrected chi connectivity index (χ2v) is 10.1. The summed E-state index contributed by atoms with van der Waals surface area (Å²) >= 11 is 0. The van der Waals surface area contributed by atoms with Crippen molar-refractivity contribution in [3.8, 4) is 11.3 Å². The van der Waals surface area contributed by atoms with Gasteiger partial charge in [-0.3, -0.25) is 0 Å². The van der Waals surface area contributed by atoms with Crippen LogP contribution in [0.25, 0.3) is 11.3 Å². The van der Waals surface area contributed by atoms with E-state index in [2.05, 4.69) is 91.0 Å². The number of benzene rings is 3. The van der Waals surface area contributed by atoms with E-state index < -0.39 is 8.07 Å². The average molecular weight is 437 g/mol. The summed E-state index contributed by atoms with van der Waals surface area (Å²) in [4.78, 5) is 4.75. The molecule has 1 aromatic heterocycles. The third kappa shape index (κ3) is 2.28. The Morgan fingerprint density at radius 1 is 0.654 bits per heavy atom. The van der Waals surface area contributed by atoms with Gasteiger partial charge in [0, 0.05) is 25.7 Å². The molecule has 0 spiro atoms. The van der Waals surface area contributed by atoms with E-state index in [-0.39, 0.29) is 19.5 Å². The maximum Gasteiger partial charge on any atom is 0.127 e. The first-order valence-electron chi connectivity index (χ1n) is 8.50. The van der Waals surface area contributed by atoms with Crippen LogP contribution in [-0.4, -0.2) is 13.1 Å². The van der Waals surface area contributed by atoms with Gasteiger partial charge in [-0.15, -0.1) is 35.0 Å². The third-order valence-corrected chi connectivity index (χ3v) is 9.96. The number of rotatable bonds is 2. The van der Waals surface area contributed by atoms with Crippen LogP contribution in [0.1, 0.15) is 0 Å². The quantitative estimate of drug-likeness (QED) is 0.305. The van der Waals surface area contributed by atoms with Crippen molar-refractivity contribution in [1.82, 2.24) is 4.98 Å². The van der Waals surface area contributed by atoms with Crippen LogP contribution in [0.15, 0.2) is 97.2 Å². The molecule has 5 rings (SSSR count). The van der Waals surface area contributed by atoms with Crippen LogP contribution in [0.5, 0.6) is 0 Å². The minimum absolute atomic E-state index is 0. The molecular weight excluding hydrogens is 421 g/mol. The molecule has 2 heterocycles. The van der Waals surface area contributed by atoms with Gasteiger partial charge in [0.2, 0.25) is 0 Å². The Hall–Kier alpha value is -2.35. The largest absolute Gasteiger partial charge is 0.305 e. The van der Waals surface area contributed by atoms with Crippen molar-refractivity contribution in [2.45, 2.75) is 0 Å². The van der Waals surface area contributed by atoms with Gasteiger partial charge >= 0.3 is 0 Å². The molecule has 4 aromatic rings. The van der Waals surface area contributed by atoms with Crippen LogP contribution in [0, 0.1) is 6.07 Å². The van der Waals surface area contributed by atoms with Crippen molar-refractivity contribution >= 4 is 28.8 Å². The van der Waals surface area contributed by atoms with E-state index in [1.54, 1.807) is 0 Å². The molecule has 0 N–H and O–H groups in total. The van der Waals surface area contributed by atoms with Gasteiger partial charge in [0.1, 0.15) is 8.07 Å². The van der Waals surface area contributed by atoms with Crippen LogP contribution in [-0.2, 0) is 19.5 Å². The van der Waals surface area contributed by atoms with E-state index in [1.165, 1.54) is 20.7 Å². The number of hydrogen-bond donors (Lipinski definition) is 0. The maximum atomic E-state index is 4.75. The molecular formula is C23H16NRhSi-. The van der Waals surface area contributed by atoms with Crippen molar-refractivity contribution < 1.29 is 19.5 Å². The van der Waals surface area contributed by atoms with Crippen molar-refractivity contribution in [1.29, 1.82) is 0 Å². The Balaban J connectivity index is 0.00000168. The maximum absolute atomic E-state index is 4.75. The van der Waals surface area contributed by atoms with E-state index >= 15 is 0 Å². The molecule has 1 radical (unpaired) electrons. The molecule has 1 nitrogen and oxygen atoms in total. The van der Waals surface area contributed by atoms with Crippen LogP contribution < -0.4 is 20.7 Å². The van der Waals surface area contributed by atoms with E-state index in [9.17, 15) is 0 Å². The van der Waals surface area contributed by atoms with Crippen molar-refractivity contribution in [3.05, 3.63) is 103 Å². The molecule has 26 heavy (non-hydrogen) atoms. The predicted molar refractivity (Wildman–Crippen MR) is 106 cm³/mol. The Morgan fingerprint density at radius 3 is 1.92 bits per heavy atom. The van der Waals surface area contributed by atoms with Gasteiger partial charge in [-0.1, -0.05) is 82.3 Å². The number of aromatic nitrogens is 1. The Kier molecular flexibility index (Phi) is 4.44. The summed E-state index contributed by atoms with van der Waals surface area (Å²) < 4.78 is 0. The third-order valence-electron chi connectivity index (χ3n) is 5.12. The molecule has 0 fully saturated rings. The van der Waals surface area contributed by atoms with Crippen LogP contribution in [0.2, 0.25) is 0 Å².